The molecule has 3 nitrogen and oxygen atoms in total. The van der Waals surface area contributed by atoms with Gasteiger partial charge in [0.05, 0.1) is 12.7 Å². The topological polar surface area (TPSA) is 39.2 Å². The van der Waals surface area contributed by atoms with Gasteiger partial charge in [-0.2, -0.15) is 0 Å². The van der Waals surface area contributed by atoms with Crippen molar-refractivity contribution in [1.82, 2.24) is 4.98 Å². The van der Waals surface area contributed by atoms with Crippen LogP contribution in [0.15, 0.2) is 61.1 Å². The highest BCUT2D eigenvalue weighted by Crippen LogP contribution is 2.03. The zero-order chi connectivity index (χ0) is 12.6. The lowest BCUT2D eigenvalue weighted by atomic mass is 10.2. The smallest absolute Gasteiger partial charge is 0.315 e. The summed E-state index contributed by atoms with van der Waals surface area (Å²) in [5, 5.41) is 0. The van der Waals surface area contributed by atoms with Crippen LogP contribution in [-0.2, 0) is 16.0 Å². The van der Waals surface area contributed by atoms with Crippen LogP contribution in [0.5, 0.6) is 0 Å². The Kier molecular flexibility index (Phi) is 4.25. The summed E-state index contributed by atoms with van der Waals surface area (Å²) in [7, 11) is 0. The van der Waals surface area contributed by atoms with E-state index in [1.807, 2.05) is 30.3 Å². The minimum absolute atomic E-state index is 0.252. The van der Waals surface area contributed by atoms with Gasteiger partial charge >= 0.3 is 5.97 Å². The molecule has 1 aromatic carbocycles. The molecule has 0 saturated heterocycles. The number of hydrogen-bond donors (Lipinski definition) is 0. The van der Waals surface area contributed by atoms with Crippen molar-refractivity contribution in [2.75, 3.05) is 0 Å². The van der Waals surface area contributed by atoms with Crippen molar-refractivity contribution in [3.63, 3.8) is 0 Å². The van der Waals surface area contributed by atoms with Crippen molar-refractivity contribution in [2.24, 2.45) is 0 Å². The number of carbonyl (C=O) groups is 1. The summed E-state index contributed by atoms with van der Waals surface area (Å²) in [5.41, 5.74) is 1.89. The molecule has 0 spiro atoms. The molecule has 0 aliphatic rings. The predicted octanol–water partition coefficient (Wildman–Crippen LogP) is 2.84. The Labute approximate surface area is 106 Å². The van der Waals surface area contributed by atoms with E-state index in [0.717, 1.165) is 11.1 Å². The largest absolute Gasteiger partial charge is 0.434 e. The van der Waals surface area contributed by atoms with Gasteiger partial charge < -0.3 is 4.74 Å². The van der Waals surface area contributed by atoms with E-state index >= 15 is 0 Å². The first-order valence-electron chi connectivity index (χ1n) is 5.64. The van der Waals surface area contributed by atoms with Gasteiger partial charge in [-0.05, 0) is 29.3 Å². The second-order valence-electron chi connectivity index (χ2n) is 3.74. The quantitative estimate of drug-likeness (QED) is 0.608. The van der Waals surface area contributed by atoms with E-state index in [1.165, 1.54) is 6.26 Å². The number of rotatable bonds is 4. The first kappa shape index (κ1) is 12.0. The van der Waals surface area contributed by atoms with Crippen molar-refractivity contribution in [3.8, 4) is 0 Å². The summed E-state index contributed by atoms with van der Waals surface area (Å²) in [6.45, 7) is 0. The molecule has 0 bridgehead atoms. The van der Waals surface area contributed by atoms with Crippen LogP contribution in [0.1, 0.15) is 11.1 Å². The fourth-order valence-electron chi connectivity index (χ4n) is 1.46. The standard InChI is InChI=1S/C15H13NO2/c17-15(12-14-6-9-16-10-7-14)18-11-8-13-4-2-1-3-5-13/h1-11H,12H2/b11-8+. The summed E-state index contributed by atoms with van der Waals surface area (Å²) in [6, 6.07) is 13.3. The normalized spacial score (nSPS) is 10.4. The van der Waals surface area contributed by atoms with Crippen molar-refractivity contribution in [2.45, 2.75) is 6.42 Å². The van der Waals surface area contributed by atoms with E-state index in [9.17, 15) is 4.79 Å². The molecule has 18 heavy (non-hydrogen) atoms. The molecule has 2 rings (SSSR count). The number of ether oxygens (including phenoxy) is 1. The molecule has 0 atom stereocenters. The highest BCUT2D eigenvalue weighted by atomic mass is 16.5. The maximum atomic E-state index is 11.5. The van der Waals surface area contributed by atoms with Gasteiger partial charge in [-0.25, -0.2) is 0 Å². The van der Waals surface area contributed by atoms with E-state index in [2.05, 4.69) is 4.98 Å². The SMILES string of the molecule is O=C(Cc1ccncc1)O/C=C/c1ccccc1. The third-order valence-electron chi connectivity index (χ3n) is 2.36. The van der Waals surface area contributed by atoms with E-state index in [1.54, 1.807) is 30.6 Å². The molecule has 0 aliphatic carbocycles. The second kappa shape index (κ2) is 6.35. The Hall–Kier alpha value is -2.42. The minimum atomic E-state index is -0.284. The van der Waals surface area contributed by atoms with Crippen LogP contribution in [0, 0.1) is 0 Å². The average Bonchev–Trinajstić information content (AvgIpc) is 2.41. The van der Waals surface area contributed by atoms with Crippen LogP contribution in [0.4, 0.5) is 0 Å². The van der Waals surface area contributed by atoms with Crippen molar-refractivity contribution < 1.29 is 9.53 Å². The second-order valence-corrected chi connectivity index (χ2v) is 3.74. The van der Waals surface area contributed by atoms with Crippen molar-refractivity contribution >= 4 is 12.0 Å². The van der Waals surface area contributed by atoms with E-state index in [0.29, 0.717) is 0 Å². The van der Waals surface area contributed by atoms with Crippen LogP contribution in [0.3, 0.4) is 0 Å². The highest BCUT2D eigenvalue weighted by molar-refractivity contribution is 5.73. The van der Waals surface area contributed by atoms with Gasteiger partial charge in [-0.3, -0.25) is 9.78 Å². The molecule has 90 valence electrons. The fourth-order valence-corrected chi connectivity index (χ4v) is 1.46. The third kappa shape index (κ3) is 3.87. The first-order valence-corrected chi connectivity index (χ1v) is 5.64. The zero-order valence-corrected chi connectivity index (χ0v) is 9.82. The van der Waals surface area contributed by atoms with E-state index < -0.39 is 0 Å². The molecule has 1 aromatic heterocycles. The van der Waals surface area contributed by atoms with E-state index in [4.69, 9.17) is 4.74 Å². The van der Waals surface area contributed by atoms with Crippen LogP contribution in [0.2, 0.25) is 0 Å². The number of hydrogen-bond acceptors (Lipinski definition) is 3. The maximum Gasteiger partial charge on any atom is 0.315 e. The Morgan fingerprint density at radius 3 is 2.56 bits per heavy atom. The average molecular weight is 239 g/mol. The lowest BCUT2D eigenvalue weighted by molar-refractivity contribution is -0.137. The number of aromatic nitrogens is 1. The highest BCUT2D eigenvalue weighted by Gasteiger charge is 2.02. The Morgan fingerprint density at radius 2 is 1.83 bits per heavy atom. The molecule has 0 N–H and O–H groups in total. The summed E-state index contributed by atoms with van der Waals surface area (Å²) < 4.78 is 5.01. The lowest BCUT2D eigenvalue weighted by Crippen LogP contribution is -2.03. The Morgan fingerprint density at radius 1 is 1.11 bits per heavy atom. The molecule has 2 aromatic rings. The van der Waals surface area contributed by atoms with Crippen molar-refractivity contribution in [1.29, 1.82) is 0 Å². The van der Waals surface area contributed by atoms with E-state index in [-0.39, 0.29) is 12.4 Å². The number of pyridine rings is 1. The predicted molar refractivity (Wildman–Crippen MR) is 69.5 cm³/mol. The van der Waals surface area contributed by atoms with Gasteiger partial charge in [0, 0.05) is 12.4 Å². The number of carbonyl (C=O) groups excluding carboxylic acids is 1. The molecular formula is C15H13NO2. The molecule has 0 fully saturated rings. The third-order valence-corrected chi connectivity index (χ3v) is 2.36. The zero-order valence-electron chi connectivity index (χ0n) is 9.82. The van der Waals surface area contributed by atoms with Crippen LogP contribution < -0.4 is 0 Å². The minimum Gasteiger partial charge on any atom is -0.434 e. The summed E-state index contributed by atoms with van der Waals surface area (Å²) in [4.78, 5) is 15.4. The van der Waals surface area contributed by atoms with Crippen LogP contribution >= 0.6 is 0 Å². The van der Waals surface area contributed by atoms with Gasteiger partial charge in [0.15, 0.2) is 0 Å². The van der Waals surface area contributed by atoms with Gasteiger partial charge in [-0.15, -0.1) is 0 Å². The lowest BCUT2D eigenvalue weighted by Gasteiger charge is -1.99. The molecule has 0 unspecified atom stereocenters. The van der Waals surface area contributed by atoms with Gasteiger partial charge in [0.2, 0.25) is 0 Å². The number of esters is 1. The molecular weight excluding hydrogens is 226 g/mol. The fraction of sp³-hybridized carbons (Fsp3) is 0.0667. The monoisotopic (exact) mass is 239 g/mol. The Balaban J connectivity index is 1.84. The molecule has 0 saturated carbocycles. The van der Waals surface area contributed by atoms with Crippen LogP contribution in [-0.4, -0.2) is 11.0 Å². The summed E-state index contributed by atoms with van der Waals surface area (Å²) in [5.74, 6) is -0.284. The van der Waals surface area contributed by atoms with Gasteiger partial charge in [-0.1, -0.05) is 30.3 Å². The van der Waals surface area contributed by atoms with Gasteiger partial charge in [0.25, 0.3) is 0 Å². The summed E-state index contributed by atoms with van der Waals surface area (Å²) >= 11 is 0. The molecule has 0 radical (unpaired) electrons. The molecule has 3 heteroatoms. The first-order chi connectivity index (χ1) is 8.84. The number of nitrogens with zero attached hydrogens (tertiary/aromatic N) is 1. The van der Waals surface area contributed by atoms with Crippen molar-refractivity contribution in [3.05, 3.63) is 72.2 Å². The molecule has 1 heterocycles. The van der Waals surface area contributed by atoms with Gasteiger partial charge in [0.1, 0.15) is 0 Å². The summed E-state index contributed by atoms with van der Waals surface area (Å²) in [6.07, 6.45) is 6.73. The molecule has 0 amide bonds. The van der Waals surface area contributed by atoms with Crippen LogP contribution in [0.25, 0.3) is 6.08 Å². The maximum absolute atomic E-state index is 11.5. The molecule has 0 aliphatic heterocycles. The Bertz CT molecular complexity index is 521. The number of benzene rings is 1.